The van der Waals surface area contributed by atoms with Crippen LogP contribution < -0.4 is 10.1 Å². The van der Waals surface area contributed by atoms with Crippen LogP contribution in [-0.2, 0) is 4.79 Å². The van der Waals surface area contributed by atoms with Crippen molar-refractivity contribution in [1.82, 2.24) is 10.2 Å². The number of aromatic nitrogens is 2. The highest BCUT2D eigenvalue weighted by molar-refractivity contribution is 7.99. The van der Waals surface area contributed by atoms with Gasteiger partial charge in [0.1, 0.15) is 5.75 Å². The number of anilines is 1. The van der Waals surface area contributed by atoms with Crippen LogP contribution in [-0.4, -0.2) is 33.9 Å². The normalized spacial score (nSPS) is 10.4. The summed E-state index contributed by atoms with van der Waals surface area (Å²) in [5.41, 5.74) is 0.923. The molecule has 1 aromatic heterocycles. The zero-order valence-corrected chi connectivity index (χ0v) is 14.9. The molecule has 27 heavy (non-hydrogen) atoms. The number of nitro benzene ring substituents is 1. The lowest BCUT2D eigenvalue weighted by molar-refractivity contribution is -0.384. The maximum atomic E-state index is 12.1. The van der Waals surface area contributed by atoms with Crippen LogP contribution in [0.5, 0.6) is 5.75 Å². The third-order valence-corrected chi connectivity index (χ3v) is 4.24. The second kappa shape index (κ2) is 8.32. The number of nitrogens with one attached hydrogen (secondary N) is 1. The van der Waals surface area contributed by atoms with Crippen molar-refractivity contribution in [3.8, 4) is 17.2 Å². The maximum absolute atomic E-state index is 12.1. The molecule has 0 fully saturated rings. The van der Waals surface area contributed by atoms with Crippen molar-refractivity contribution in [3.05, 3.63) is 58.6 Å². The molecule has 0 atom stereocenters. The first-order valence-electron chi connectivity index (χ1n) is 7.71. The Kier molecular flexibility index (Phi) is 5.67. The number of thioether (sulfide) groups is 1. The molecule has 1 heterocycles. The topological polar surface area (TPSA) is 120 Å². The third-order valence-electron chi connectivity index (χ3n) is 3.42. The summed E-state index contributed by atoms with van der Waals surface area (Å²) in [4.78, 5) is 22.4. The van der Waals surface area contributed by atoms with Crippen LogP contribution >= 0.6 is 11.8 Å². The minimum absolute atomic E-state index is 0.0502. The number of rotatable bonds is 7. The zero-order valence-electron chi connectivity index (χ0n) is 14.1. The van der Waals surface area contributed by atoms with Gasteiger partial charge in [-0.05, 0) is 18.2 Å². The first kappa shape index (κ1) is 18.4. The molecule has 0 saturated carbocycles. The molecule has 1 N–H and O–H groups in total. The number of hydrogen-bond donors (Lipinski definition) is 1. The maximum Gasteiger partial charge on any atom is 0.277 e. The lowest BCUT2D eigenvalue weighted by Crippen LogP contribution is -2.14. The average molecular weight is 386 g/mol. The quantitative estimate of drug-likeness (QED) is 0.373. The van der Waals surface area contributed by atoms with Crippen molar-refractivity contribution in [3.63, 3.8) is 0 Å². The smallest absolute Gasteiger partial charge is 0.277 e. The van der Waals surface area contributed by atoms with Crippen LogP contribution in [0.4, 0.5) is 11.4 Å². The van der Waals surface area contributed by atoms with Gasteiger partial charge >= 0.3 is 0 Å². The van der Waals surface area contributed by atoms with Gasteiger partial charge in [-0.3, -0.25) is 14.9 Å². The van der Waals surface area contributed by atoms with E-state index in [1.165, 1.54) is 25.3 Å². The summed E-state index contributed by atoms with van der Waals surface area (Å²) in [5, 5.41) is 21.5. The molecule has 0 spiro atoms. The second-order valence-electron chi connectivity index (χ2n) is 5.22. The van der Waals surface area contributed by atoms with Crippen LogP contribution in [0.15, 0.2) is 58.2 Å². The number of hydrogen-bond acceptors (Lipinski definition) is 8. The van der Waals surface area contributed by atoms with Crippen molar-refractivity contribution < 1.29 is 18.9 Å². The van der Waals surface area contributed by atoms with Crippen molar-refractivity contribution in [1.29, 1.82) is 0 Å². The Labute approximate surface area is 157 Å². The van der Waals surface area contributed by atoms with Crippen LogP contribution in [0.2, 0.25) is 0 Å². The molecule has 138 valence electrons. The number of para-hydroxylation sites is 2. The summed E-state index contributed by atoms with van der Waals surface area (Å²) in [6.45, 7) is 0. The van der Waals surface area contributed by atoms with Crippen LogP contribution in [0.25, 0.3) is 11.5 Å². The molecule has 0 aliphatic carbocycles. The Hall–Kier alpha value is -3.40. The van der Waals surface area contributed by atoms with Gasteiger partial charge in [-0.25, -0.2) is 0 Å². The molecule has 0 saturated heterocycles. The van der Waals surface area contributed by atoms with Crippen LogP contribution in [0.3, 0.4) is 0 Å². The summed E-state index contributed by atoms with van der Waals surface area (Å²) in [7, 11) is 1.52. The number of amides is 1. The van der Waals surface area contributed by atoms with E-state index in [0.717, 1.165) is 11.8 Å². The summed E-state index contributed by atoms with van der Waals surface area (Å²) >= 11 is 1.06. The van der Waals surface area contributed by atoms with E-state index in [1.54, 1.807) is 30.3 Å². The van der Waals surface area contributed by atoms with Gasteiger partial charge in [0.05, 0.1) is 23.5 Å². The van der Waals surface area contributed by atoms with Gasteiger partial charge in [-0.1, -0.05) is 30.0 Å². The molecule has 2 aromatic carbocycles. The SMILES string of the molecule is COc1ccccc1NC(=O)CSc1nnc(-c2cccc([N+](=O)[O-])c2)o1. The molecule has 10 heteroatoms. The monoisotopic (exact) mass is 386 g/mol. The molecule has 0 aliphatic rings. The molecular formula is C17H14N4O5S. The minimum Gasteiger partial charge on any atom is -0.495 e. The molecular weight excluding hydrogens is 372 g/mol. The van der Waals surface area contributed by atoms with Crippen molar-refractivity contribution in [2.24, 2.45) is 0 Å². The molecule has 0 aliphatic heterocycles. The summed E-state index contributed by atoms with van der Waals surface area (Å²) in [6.07, 6.45) is 0. The van der Waals surface area contributed by atoms with Gasteiger partial charge in [-0.2, -0.15) is 0 Å². The lowest BCUT2D eigenvalue weighted by Gasteiger charge is -2.08. The molecule has 3 aromatic rings. The number of carbonyl (C=O) groups is 1. The number of ether oxygens (including phenoxy) is 1. The summed E-state index contributed by atoms with van der Waals surface area (Å²) < 4.78 is 10.6. The van der Waals surface area contributed by atoms with E-state index in [-0.39, 0.29) is 28.5 Å². The number of methoxy groups -OCH3 is 1. The average Bonchev–Trinajstić information content (AvgIpc) is 3.16. The zero-order chi connectivity index (χ0) is 19.2. The molecule has 1 amide bonds. The van der Waals surface area contributed by atoms with Gasteiger partial charge in [0.25, 0.3) is 10.9 Å². The van der Waals surface area contributed by atoms with Gasteiger partial charge in [0.15, 0.2) is 0 Å². The predicted molar refractivity (Wildman–Crippen MR) is 98.7 cm³/mol. The Morgan fingerprint density at radius 2 is 2.07 bits per heavy atom. The largest absolute Gasteiger partial charge is 0.495 e. The highest BCUT2D eigenvalue weighted by Crippen LogP contribution is 2.27. The van der Waals surface area contributed by atoms with Crippen molar-refractivity contribution in [2.45, 2.75) is 5.22 Å². The van der Waals surface area contributed by atoms with Gasteiger partial charge < -0.3 is 14.5 Å². The predicted octanol–water partition coefficient (Wildman–Crippen LogP) is 3.38. The van der Waals surface area contributed by atoms with Crippen LogP contribution in [0.1, 0.15) is 0 Å². The lowest BCUT2D eigenvalue weighted by atomic mass is 10.2. The van der Waals surface area contributed by atoms with Crippen molar-refractivity contribution in [2.75, 3.05) is 18.2 Å². The Morgan fingerprint density at radius 1 is 1.26 bits per heavy atom. The molecule has 9 nitrogen and oxygen atoms in total. The number of carbonyl (C=O) groups excluding carboxylic acids is 1. The highest BCUT2D eigenvalue weighted by atomic mass is 32.2. The highest BCUT2D eigenvalue weighted by Gasteiger charge is 2.14. The van der Waals surface area contributed by atoms with E-state index in [4.69, 9.17) is 9.15 Å². The van der Waals surface area contributed by atoms with E-state index in [9.17, 15) is 14.9 Å². The van der Waals surface area contributed by atoms with E-state index < -0.39 is 4.92 Å². The fourth-order valence-electron chi connectivity index (χ4n) is 2.20. The summed E-state index contributed by atoms with van der Waals surface area (Å²) in [5.74, 6) is 0.488. The van der Waals surface area contributed by atoms with E-state index >= 15 is 0 Å². The standard InChI is InChI=1S/C17H14N4O5S/c1-25-14-8-3-2-7-13(14)18-15(22)10-27-17-20-19-16(26-17)11-5-4-6-12(9-11)21(23)24/h2-9H,10H2,1H3,(H,18,22). The minimum atomic E-state index is -0.502. The molecule has 0 bridgehead atoms. The third kappa shape index (κ3) is 4.61. The number of nitrogens with zero attached hydrogens (tertiary/aromatic N) is 3. The summed E-state index contributed by atoms with van der Waals surface area (Å²) in [6, 6.07) is 12.9. The number of non-ortho nitro benzene ring substituents is 1. The Bertz CT molecular complexity index is 975. The van der Waals surface area contributed by atoms with E-state index in [2.05, 4.69) is 15.5 Å². The first-order valence-corrected chi connectivity index (χ1v) is 8.69. The second-order valence-corrected chi connectivity index (χ2v) is 6.14. The van der Waals surface area contributed by atoms with Crippen LogP contribution in [0, 0.1) is 10.1 Å². The fourth-order valence-corrected chi connectivity index (χ4v) is 2.76. The number of nitro groups is 1. The molecule has 3 rings (SSSR count). The Morgan fingerprint density at radius 3 is 2.85 bits per heavy atom. The Balaban J connectivity index is 1.62. The first-order chi connectivity index (χ1) is 13.1. The van der Waals surface area contributed by atoms with E-state index in [0.29, 0.717) is 17.0 Å². The molecule has 0 unspecified atom stereocenters. The van der Waals surface area contributed by atoms with Gasteiger partial charge in [0, 0.05) is 17.7 Å². The molecule has 0 radical (unpaired) electrons. The van der Waals surface area contributed by atoms with Crippen molar-refractivity contribution >= 4 is 29.0 Å². The number of benzene rings is 2. The van der Waals surface area contributed by atoms with Gasteiger partial charge in [-0.15, -0.1) is 10.2 Å². The van der Waals surface area contributed by atoms with Gasteiger partial charge in [0.2, 0.25) is 11.8 Å². The fraction of sp³-hybridized carbons (Fsp3) is 0.118. The van der Waals surface area contributed by atoms with E-state index in [1.807, 2.05) is 0 Å².